The number of benzene rings is 1. The first-order valence-corrected chi connectivity index (χ1v) is 9.75. The minimum atomic E-state index is -0.399. The van der Waals surface area contributed by atoms with Crippen LogP contribution in [-0.4, -0.2) is 37.5 Å². The van der Waals surface area contributed by atoms with E-state index in [0.29, 0.717) is 17.1 Å². The fraction of sp³-hybridized carbons (Fsp3) is 0.400. The summed E-state index contributed by atoms with van der Waals surface area (Å²) >= 11 is 1.47. The molecule has 144 valence electrons. The average molecular weight is 390 g/mol. The molecule has 1 aliphatic carbocycles. The molecule has 1 aliphatic rings. The van der Waals surface area contributed by atoms with Crippen LogP contribution in [0, 0.1) is 5.82 Å². The highest BCUT2D eigenvalue weighted by Crippen LogP contribution is 2.38. The van der Waals surface area contributed by atoms with Crippen LogP contribution in [0.2, 0.25) is 0 Å². The Morgan fingerprint density at radius 3 is 2.63 bits per heavy atom. The summed E-state index contributed by atoms with van der Waals surface area (Å²) in [6.45, 7) is 0.694. The topological polar surface area (TPSA) is 58.6 Å². The Hall–Kier alpha value is -2.25. The largest absolute Gasteiger partial charge is 0.465 e. The summed E-state index contributed by atoms with van der Waals surface area (Å²) in [7, 11) is 3.18. The summed E-state index contributed by atoms with van der Waals surface area (Å²) in [6.07, 6.45) is 3.92. The van der Waals surface area contributed by atoms with E-state index in [4.69, 9.17) is 4.74 Å². The predicted octanol–water partition coefficient (Wildman–Crippen LogP) is 3.62. The molecule has 0 bridgehead atoms. The molecule has 27 heavy (non-hydrogen) atoms. The number of hydrogen-bond acceptors (Lipinski definition) is 5. The number of hydrogen-bond donors (Lipinski definition) is 1. The number of carbonyl (C=O) groups excluding carboxylic acids is 2. The number of amides is 1. The Bertz CT molecular complexity index is 832. The minimum Gasteiger partial charge on any atom is -0.465 e. The van der Waals surface area contributed by atoms with E-state index in [2.05, 4.69) is 5.32 Å². The van der Waals surface area contributed by atoms with Crippen molar-refractivity contribution >= 4 is 28.2 Å². The van der Waals surface area contributed by atoms with Gasteiger partial charge in [0.1, 0.15) is 10.8 Å². The highest BCUT2D eigenvalue weighted by Gasteiger charge is 2.27. The van der Waals surface area contributed by atoms with Gasteiger partial charge in [0.15, 0.2) is 0 Å². The van der Waals surface area contributed by atoms with Crippen molar-refractivity contribution < 1.29 is 18.7 Å². The molecule has 0 unspecified atom stereocenters. The number of likely N-dealkylation sites (N-methyl/N-ethyl adjacent to an activating group) is 1. The number of nitrogens with zero attached hydrogens (tertiary/aromatic N) is 1. The molecule has 1 amide bonds. The highest BCUT2D eigenvalue weighted by atomic mass is 32.1. The maximum atomic E-state index is 13.0. The summed E-state index contributed by atoms with van der Waals surface area (Å²) < 4.78 is 17.9. The van der Waals surface area contributed by atoms with E-state index < -0.39 is 5.97 Å². The van der Waals surface area contributed by atoms with Gasteiger partial charge < -0.3 is 10.1 Å². The lowest BCUT2D eigenvalue weighted by molar-refractivity contribution is -0.117. The van der Waals surface area contributed by atoms with Crippen LogP contribution in [0.4, 0.5) is 9.39 Å². The molecule has 0 spiro atoms. The Labute approximate surface area is 162 Å². The zero-order valence-corrected chi connectivity index (χ0v) is 16.3. The molecule has 0 aliphatic heterocycles. The normalized spacial score (nSPS) is 13.3. The van der Waals surface area contributed by atoms with Gasteiger partial charge in [-0.25, -0.2) is 9.18 Å². The third-order valence-corrected chi connectivity index (χ3v) is 5.80. The Kier molecular flexibility index (Phi) is 6.23. The molecule has 1 N–H and O–H groups in total. The van der Waals surface area contributed by atoms with E-state index in [1.54, 1.807) is 12.1 Å². The summed E-state index contributed by atoms with van der Waals surface area (Å²) in [6, 6.07) is 6.21. The number of thiophene rings is 1. The van der Waals surface area contributed by atoms with E-state index >= 15 is 0 Å². The molecular formula is C20H23FN2O3S. The second-order valence-electron chi connectivity index (χ2n) is 6.75. The van der Waals surface area contributed by atoms with Crippen LogP contribution in [0.1, 0.15) is 39.2 Å². The maximum Gasteiger partial charge on any atom is 0.341 e. The zero-order valence-electron chi connectivity index (χ0n) is 15.5. The molecule has 0 fully saturated rings. The van der Waals surface area contributed by atoms with Crippen LogP contribution in [0.25, 0.3) is 0 Å². The van der Waals surface area contributed by atoms with E-state index in [-0.39, 0.29) is 18.3 Å². The first-order chi connectivity index (χ1) is 13.0. The van der Waals surface area contributed by atoms with Crippen LogP contribution in [0.15, 0.2) is 24.3 Å². The van der Waals surface area contributed by atoms with Gasteiger partial charge in [-0.3, -0.25) is 9.69 Å². The maximum absolute atomic E-state index is 13.0. The fourth-order valence-electron chi connectivity index (χ4n) is 3.34. The molecule has 7 heteroatoms. The number of methoxy groups -OCH3 is 1. The van der Waals surface area contributed by atoms with Gasteiger partial charge in [0.2, 0.25) is 5.91 Å². The third-order valence-electron chi connectivity index (χ3n) is 4.59. The number of fused-ring (bicyclic) bond motifs is 1. The molecule has 5 nitrogen and oxygen atoms in total. The van der Waals surface area contributed by atoms with Crippen LogP contribution in [-0.2, 0) is 28.9 Å². The molecule has 0 radical (unpaired) electrons. The average Bonchev–Trinajstić information content (AvgIpc) is 3.00. The first-order valence-electron chi connectivity index (χ1n) is 8.93. The first kappa shape index (κ1) is 19.5. The van der Waals surface area contributed by atoms with Gasteiger partial charge in [-0.15, -0.1) is 11.3 Å². The third kappa shape index (κ3) is 4.73. The number of esters is 1. The summed E-state index contributed by atoms with van der Waals surface area (Å²) in [4.78, 5) is 27.7. The number of rotatable bonds is 6. The standard InChI is InChI=1S/C20H23FN2O3S/c1-23(11-13-7-9-14(21)10-8-13)12-17(24)22-19-18(20(25)26-2)15-5-3-4-6-16(15)27-19/h7-10H,3-6,11-12H2,1-2H3,(H,22,24). The van der Waals surface area contributed by atoms with Crippen LogP contribution < -0.4 is 5.32 Å². The van der Waals surface area contributed by atoms with Gasteiger partial charge in [0.25, 0.3) is 0 Å². The molecule has 1 aromatic carbocycles. The molecule has 0 saturated heterocycles. The van der Waals surface area contributed by atoms with Gasteiger partial charge in [-0.2, -0.15) is 0 Å². The predicted molar refractivity (Wildman–Crippen MR) is 104 cm³/mol. The van der Waals surface area contributed by atoms with E-state index in [1.807, 2.05) is 11.9 Å². The molecule has 0 atom stereocenters. The molecule has 2 aromatic rings. The lowest BCUT2D eigenvalue weighted by atomic mass is 9.95. The summed E-state index contributed by atoms with van der Waals surface area (Å²) in [5.41, 5.74) is 2.45. The zero-order chi connectivity index (χ0) is 19.4. The molecule has 1 heterocycles. The molecule has 1 aromatic heterocycles. The minimum absolute atomic E-state index is 0.167. The number of anilines is 1. The van der Waals surface area contributed by atoms with E-state index in [1.165, 1.54) is 30.6 Å². The molecule has 0 saturated carbocycles. The molecular weight excluding hydrogens is 367 g/mol. The van der Waals surface area contributed by atoms with Crippen LogP contribution in [0.5, 0.6) is 0 Å². The Morgan fingerprint density at radius 1 is 1.22 bits per heavy atom. The van der Waals surface area contributed by atoms with Gasteiger partial charge in [0.05, 0.1) is 19.2 Å². The monoisotopic (exact) mass is 390 g/mol. The smallest absolute Gasteiger partial charge is 0.341 e. The highest BCUT2D eigenvalue weighted by molar-refractivity contribution is 7.17. The Morgan fingerprint density at radius 2 is 1.93 bits per heavy atom. The van der Waals surface area contributed by atoms with Crippen LogP contribution >= 0.6 is 11.3 Å². The van der Waals surface area contributed by atoms with E-state index in [0.717, 1.165) is 41.7 Å². The van der Waals surface area contributed by atoms with E-state index in [9.17, 15) is 14.0 Å². The van der Waals surface area contributed by atoms with Crippen LogP contribution in [0.3, 0.4) is 0 Å². The fourth-order valence-corrected chi connectivity index (χ4v) is 4.63. The molecule has 3 rings (SSSR count). The summed E-state index contributed by atoms with van der Waals surface area (Å²) in [5.74, 6) is -0.871. The van der Waals surface area contributed by atoms with Crippen molar-refractivity contribution in [3.8, 4) is 0 Å². The van der Waals surface area contributed by atoms with Gasteiger partial charge in [-0.1, -0.05) is 12.1 Å². The Balaban J connectivity index is 1.67. The lowest BCUT2D eigenvalue weighted by Gasteiger charge is -2.16. The number of halogens is 1. The second kappa shape index (κ2) is 8.63. The number of carbonyl (C=O) groups is 2. The van der Waals surface area contributed by atoms with Crippen molar-refractivity contribution in [2.24, 2.45) is 0 Å². The number of nitrogens with one attached hydrogen (secondary N) is 1. The van der Waals surface area contributed by atoms with Gasteiger partial charge in [-0.05, 0) is 56.0 Å². The van der Waals surface area contributed by atoms with Crippen molar-refractivity contribution in [2.45, 2.75) is 32.2 Å². The summed E-state index contributed by atoms with van der Waals surface area (Å²) in [5, 5.41) is 3.46. The van der Waals surface area contributed by atoms with Crippen molar-refractivity contribution in [1.29, 1.82) is 0 Å². The van der Waals surface area contributed by atoms with Gasteiger partial charge in [0, 0.05) is 11.4 Å². The second-order valence-corrected chi connectivity index (χ2v) is 7.86. The van der Waals surface area contributed by atoms with Crippen molar-refractivity contribution in [2.75, 3.05) is 26.0 Å². The van der Waals surface area contributed by atoms with Crippen molar-refractivity contribution in [1.82, 2.24) is 4.90 Å². The quantitative estimate of drug-likeness (QED) is 0.766. The number of ether oxygens (including phenoxy) is 1. The number of aryl methyl sites for hydroxylation is 1. The van der Waals surface area contributed by atoms with Crippen molar-refractivity contribution in [3.63, 3.8) is 0 Å². The lowest BCUT2D eigenvalue weighted by Crippen LogP contribution is -2.30. The van der Waals surface area contributed by atoms with Gasteiger partial charge >= 0.3 is 5.97 Å². The van der Waals surface area contributed by atoms with Crippen molar-refractivity contribution in [3.05, 3.63) is 51.7 Å². The SMILES string of the molecule is COC(=O)c1c(NC(=O)CN(C)Cc2ccc(F)cc2)sc2c1CCCC2.